The number of unbranched alkanes of at least 4 members (excludes halogenated alkanes) is 3. The van der Waals surface area contributed by atoms with E-state index in [4.69, 9.17) is 14.2 Å². The van der Waals surface area contributed by atoms with Crippen molar-refractivity contribution in [1.82, 2.24) is 0 Å². The molecule has 0 radical (unpaired) electrons. The van der Waals surface area contributed by atoms with Gasteiger partial charge in [-0.15, -0.1) is 0 Å². The minimum absolute atomic E-state index is 0.610. The van der Waals surface area contributed by atoms with Crippen molar-refractivity contribution in [2.24, 2.45) is 0 Å². The first-order valence-corrected chi connectivity index (χ1v) is 9.38. The third-order valence-electron chi connectivity index (χ3n) is 3.80. The molecule has 0 fully saturated rings. The van der Waals surface area contributed by atoms with Crippen molar-refractivity contribution >= 4 is 0 Å². The van der Waals surface area contributed by atoms with Gasteiger partial charge >= 0.3 is 0 Å². The Labute approximate surface area is 147 Å². The number of ether oxygens (including phenoxy) is 3. The largest absolute Gasteiger partial charge is 0.490 e. The Morgan fingerprint density at radius 1 is 0.792 bits per heavy atom. The van der Waals surface area contributed by atoms with E-state index in [0.717, 1.165) is 44.1 Å². The zero-order chi connectivity index (χ0) is 17.8. The van der Waals surface area contributed by atoms with Crippen molar-refractivity contribution in [3.63, 3.8) is 0 Å². The van der Waals surface area contributed by atoms with Crippen LogP contribution in [0.5, 0.6) is 17.2 Å². The quantitative estimate of drug-likeness (QED) is 0.497. The van der Waals surface area contributed by atoms with Gasteiger partial charge < -0.3 is 19.3 Å². The molecule has 1 rings (SSSR count). The van der Waals surface area contributed by atoms with E-state index in [9.17, 15) is 5.11 Å². The van der Waals surface area contributed by atoms with Crippen LogP contribution >= 0.6 is 0 Å². The second kappa shape index (κ2) is 12.0. The first kappa shape index (κ1) is 20.6. The van der Waals surface area contributed by atoms with Crippen LogP contribution in [-0.2, 0) is 0 Å². The second-order valence-corrected chi connectivity index (χ2v) is 6.09. The summed E-state index contributed by atoms with van der Waals surface area (Å²) in [6.07, 6.45) is 5.53. The van der Waals surface area contributed by atoms with E-state index in [0.29, 0.717) is 37.1 Å². The lowest BCUT2D eigenvalue weighted by molar-refractivity contribution is 0.185. The van der Waals surface area contributed by atoms with Crippen LogP contribution < -0.4 is 14.2 Å². The smallest absolute Gasteiger partial charge is 0.203 e. The van der Waals surface area contributed by atoms with Crippen LogP contribution in [0, 0.1) is 0 Å². The normalized spacial score (nSPS) is 12.0. The Kier molecular flexibility index (Phi) is 10.3. The SMILES string of the molecule is CCCCOc1ccc(C(C)O)c(OCCCC)c1OCCCC. The van der Waals surface area contributed by atoms with Crippen molar-refractivity contribution in [3.8, 4) is 17.2 Å². The predicted molar refractivity (Wildman–Crippen MR) is 98.3 cm³/mol. The van der Waals surface area contributed by atoms with Crippen LogP contribution in [0.15, 0.2) is 12.1 Å². The van der Waals surface area contributed by atoms with E-state index in [2.05, 4.69) is 20.8 Å². The summed E-state index contributed by atoms with van der Waals surface area (Å²) in [5, 5.41) is 10.1. The van der Waals surface area contributed by atoms with E-state index in [-0.39, 0.29) is 0 Å². The van der Waals surface area contributed by atoms with Crippen molar-refractivity contribution < 1.29 is 19.3 Å². The van der Waals surface area contributed by atoms with Crippen LogP contribution in [0.4, 0.5) is 0 Å². The molecule has 24 heavy (non-hydrogen) atoms. The van der Waals surface area contributed by atoms with Crippen LogP contribution in [0.25, 0.3) is 0 Å². The number of aliphatic hydroxyl groups is 1. The zero-order valence-corrected chi connectivity index (χ0v) is 15.8. The second-order valence-electron chi connectivity index (χ2n) is 6.09. The fourth-order valence-corrected chi connectivity index (χ4v) is 2.25. The molecule has 1 N–H and O–H groups in total. The molecule has 1 unspecified atom stereocenters. The lowest BCUT2D eigenvalue weighted by Crippen LogP contribution is -2.08. The lowest BCUT2D eigenvalue weighted by atomic mass is 10.1. The van der Waals surface area contributed by atoms with Crippen molar-refractivity contribution in [3.05, 3.63) is 17.7 Å². The summed E-state index contributed by atoms with van der Waals surface area (Å²) in [4.78, 5) is 0. The Bertz CT molecular complexity index is 457. The molecule has 0 saturated heterocycles. The molecule has 0 aliphatic carbocycles. The van der Waals surface area contributed by atoms with Gasteiger partial charge in [-0.1, -0.05) is 40.0 Å². The molecule has 0 aromatic heterocycles. The molecule has 4 heteroatoms. The van der Waals surface area contributed by atoms with Gasteiger partial charge in [0.1, 0.15) is 0 Å². The molecule has 0 aliphatic heterocycles. The average Bonchev–Trinajstić information content (AvgIpc) is 2.57. The Hall–Kier alpha value is -1.42. The number of aliphatic hydroxyl groups excluding tert-OH is 1. The van der Waals surface area contributed by atoms with Gasteiger partial charge in [0.05, 0.1) is 25.9 Å². The molecule has 1 aromatic carbocycles. The zero-order valence-electron chi connectivity index (χ0n) is 15.8. The maximum atomic E-state index is 10.1. The summed E-state index contributed by atoms with van der Waals surface area (Å²) in [6.45, 7) is 10.0. The van der Waals surface area contributed by atoms with Crippen LogP contribution in [0.1, 0.15) is 77.9 Å². The molecule has 1 aromatic rings. The van der Waals surface area contributed by atoms with Gasteiger partial charge in [0.25, 0.3) is 0 Å². The molecule has 1 atom stereocenters. The highest BCUT2D eigenvalue weighted by molar-refractivity contribution is 5.56. The van der Waals surface area contributed by atoms with E-state index >= 15 is 0 Å². The standard InChI is InChI=1S/C20H34O4/c1-5-8-13-22-18-12-11-17(16(4)21)19(23-14-9-6-2)20(18)24-15-10-7-3/h11-12,16,21H,5-10,13-15H2,1-4H3. The maximum Gasteiger partial charge on any atom is 0.203 e. The summed E-state index contributed by atoms with van der Waals surface area (Å²) < 4.78 is 17.9. The fraction of sp³-hybridized carbons (Fsp3) is 0.700. The molecule has 138 valence electrons. The first-order chi connectivity index (χ1) is 11.7. The monoisotopic (exact) mass is 338 g/mol. The van der Waals surface area contributed by atoms with Crippen LogP contribution in [0.2, 0.25) is 0 Å². The molecule has 0 amide bonds. The van der Waals surface area contributed by atoms with Gasteiger partial charge in [-0.3, -0.25) is 0 Å². The van der Waals surface area contributed by atoms with Gasteiger partial charge in [0.15, 0.2) is 11.5 Å². The van der Waals surface area contributed by atoms with Gasteiger partial charge in [0.2, 0.25) is 5.75 Å². The summed E-state index contributed by atoms with van der Waals surface area (Å²) in [5.41, 5.74) is 0.750. The minimum atomic E-state index is -0.611. The topological polar surface area (TPSA) is 47.9 Å². The van der Waals surface area contributed by atoms with E-state index in [1.54, 1.807) is 6.92 Å². The predicted octanol–water partition coefficient (Wildman–Crippen LogP) is 5.28. The summed E-state index contributed by atoms with van der Waals surface area (Å²) in [7, 11) is 0. The Balaban J connectivity index is 3.09. The molecule has 0 aliphatic rings. The molecular weight excluding hydrogens is 304 g/mol. The van der Waals surface area contributed by atoms with Gasteiger partial charge in [-0.05, 0) is 38.3 Å². The molecule has 0 saturated carbocycles. The van der Waals surface area contributed by atoms with Crippen LogP contribution in [0.3, 0.4) is 0 Å². The summed E-state index contributed by atoms with van der Waals surface area (Å²) in [6, 6.07) is 3.76. The Morgan fingerprint density at radius 3 is 1.79 bits per heavy atom. The van der Waals surface area contributed by atoms with Crippen molar-refractivity contribution in [2.45, 2.75) is 72.3 Å². The minimum Gasteiger partial charge on any atom is -0.490 e. The van der Waals surface area contributed by atoms with Crippen molar-refractivity contribution in [2.75, 3.05) is 19.8 Å². The molecule has 0 spiro atoms. The average molecular weight is 338 g/mol. The number of hydrogen-bond donors (Lipinski definition) is 1. The fourth-order valence-electron chi connectivity index (χ4n) is 2.25. The lowest BCUT2D eigenvalue weighted by Gasteiger charge is -2.21. The summed E-state index contributed by atoms with van der Waals surface area (Å²) >= 11 is 0. The van der Waals surface area contributed by atoms with E-state index < -0.39 is 6.10 Å². The Morgan fingerprint density at radius 2 is 1.29 bits per heavy atom. The highest BCUT2D eigenvalue weighted by Gasteiger charge is 2.20. The van der Waals surface area contributed by atoms with Gasteiger partial charge in [0, 0.05) is 5.56 Å². The third kappa shape index (κ3) is 6.60. The number of rotatable bonds is 13. The summed E-state index contributed by atoms with van der Waals surface area (Å²) in [5.74, 6) is 1.97. The highest BCUT2D eigenvalue weighted by Crippen LogP contribution is 2.43. The first-order valence-electron chi connectivity index (χ1n) is 9.38. The van der Waals surface area contributed by atoms with Crippen molar-refractivity contribution in [1.29, 1.82) is 0 Å². The van der Waals surface area contributed by atoms with E-state index in [1.165, 1.54) is 0 Å². The maximum absolute atomic E-state index is 10.1. The third-order valence-corrected chi connectivity index (χ3v) is 3.80. The molecule has 0 heterocycles. The number of hydrogen-bond acceptors (Lipinski definition) is 4. The number of benzene rings is 1. The molecular formula is C20H34O4. The van der Waals surface area contributed by atoms with Crippen LogP contribution in [-0.4, -0.2) is 24.9 Å². The van der Waals surface area contributed by atoms with E-state index in [1.807, 2.05) is 12.1 Å². The van der Waals surface area contributed by atoms with Gasteiger partial charge in [-0.2, -0.15) is 0 Å². The molecule has 4 nitrogen and oxygen atoms in total. The molecule has 0 bridgehead atoms. The van der Waals surface area contributed by atoms with Gasteiger partial charge in [-0.25, -0.2) is 0 Å². The highest BCUT2D eigenvalue weighted by atomic mass is 16.5.